The van der Waals surface area contributed by atoms with Gasteiger partial charge in [0.05, 0.1) is 16.9 Å². The number of pyridine rings is 1. The van der Waals surface area contributed by atoms with Crippen molar-refractivity contribution in [1.82, 2.24) is 15.2 Å². The molecule has 0 amide bonds. The van der Waals surface area contributed by atoms with Crippen LogP contribution in [0.2, 0.25) is 5.02 Å². The third kappa shape index (κ3) is 2.54. The first-order valence-corrected chi connectivity index (χ1v) is 6.74. The second-order valence-corrected chi connectivity index (χ2v) is 5.43. The van der Waals surface area contributed by atoms with Crippen LogP contribution in [0.3, 0.4) is 0 Å². The van der Waals surface area contributed by atoms with Gasteiger partial charge in [-0.3, -0.25) is 9.82 Å². The molecule has 7 nitrogen and oxygen atoms in total. The van der Waals surface area contributed by atoms with Crippen LogP contribution in [0, 0.1) is 0 Å². The van der Waals surface area contributed by atoms with Crippen LogP contribution in [0.1, 0.15) is 0 Å². The lowest BCUT2D eigenvalue weighted by atomic mass is 10.4. The number of hydrogen-bond donors (Lipinski definition) is 3. The van der Waals surface area contributed by atoms with Gasteiger partial charge in [0.1, 0.15) is 10.7 Å². The number of aromatic nitrogens is 3. The lowest BCUT2D eigenvalue weighted by Gasteiger charge is -2.07. The number of aromatic amines is 1. The Hall–Kier alpha value is -1.80. The van der Waals surface area contributed by atoms with Gasteiger partial charge in [-0.1, -0.05) is 11.6 Å². The Morgan fingerprint density at radius 3 is 2.72 bits per heavy atom. The number of anilines is 2. The number of halogens is 1. The minimum Gasteiger partial charge on any atom is -0.372 e. The summed E-state index contributed by atoms with van der Waals surface area (Å²) in [4.78, 5) is 3.89. The van der Waals surface area contributed by atoms with Crippen LogP contribution < -0.4 is 10.0 Å². The predicted molar refractivity (Wildman–Crippen MR) is 68.2 cm³/mol. The molecule has 2 aromatic heterocycles. The van der Waals surface area contributed by atoms with Gasteiger partial charge in [0.15, 0.2) is 0 Å². The van der Waals surface area contributed by atoms with Gasteiger partial charge in [0, 0.05) is 19.4 Å². The maximum absolute atomic E-state index is 12.0. The fourth-order valence-electron chi connectivity index (χ4n) is 1.27. The minimum absolute atomic E-state index is 0.0206. The first kappa shape index (κ1) is 12.7. The fourth-order valence-corrected chi connectivity index (χ4v) is 2.60. The molecule has 0 saturated carbocycles. The molecule has 0 aliphatic rings. The third-order valence-electron chi connectivity index (χ3n) is 2.11. The highest BCUT2D eigenvalue weighted by molar-refractivity contribution is 7.92. The van der Waals surface area contributed by atoms with Crippen LogP contribution in [-0.4, -0.2) is 30.6 Å². The standard InChI is InChI=1S/C9H10ClN5O2S/c1-11-9-8(10)2-7(5-12-9)18(16,17)15-6-3-13-14-4-6/h2-5,15H,1H3,(H,11,12)(H,13,14). The molecule has 2 heterocycles. The molecule has 0 unspecified atom stereocenters. The molecule has 96 valence electrons. The van der Waals surface area contributed by atoms with Gasteiger partial charge in [-0.2, -0.15) is 5.10 Å². The lowest BCUT2D eigenvalue weighted by molar-refractivity contribution is 0.601. The largest absolute Gasteiger partial charge is 0.372 e. The van der Waals surface area contributed by atoms with Gasteiger partial charge >= 0.3 is 0 Å². The number of rotatable bonds is 4. The molecule has 0 atom stereocenters. The van der Waals surface area contributed by atoms with Gasteiger partial charge in [-0.15, -0.1) is 0 Å². The molecular weight excluding hydrogens is 278 g/mol. The van der Waals surface area contributed by atoms with E-state index in [1.165, 1.54) is 24.7 Å². The van der Waals surface area contributed by atoms with Crippen molar-refractivity contribution in [2.45, 2.75) is 4.90 Å². The van der Waals surface area contributed by atoms with E-state index in [0.29, 0.717) is 11.5 Å². The molecule has 2 aromatic rings. The average molecular weight is 288 g/mol. The van der Waals surface area contributed by atoms with Crippen LogP contribution in [0.5, 0.6) is 0 Å². The first-order valence-electron chi connectivity index (χ1n) is 4.88. The molecule has 0 bridgehead atoms. The topological polar surface area (TPSA) is 99.8 Å². The quantitative estimate of drug-likeness (QED) is 0.787. The summed E-state index contributed by atoms with van der Waals surface area (Å²) in [5, 5.41) is 9.12. The molecule has 0 aliphatic carbocycles. The monoisotopic (exact) mass is 287 g/mol. The van der Waals surface area contributed by atoms with Crippen molar-refractivity contribution in [3.63, 3.8) is 0 Å². The van der Waals surface area contributed by atoms with E-state index in [4.69, 9.17) is 11.6 Å². The lowest BCUT2D eigenvalue weighted by Crippen LogP contribution is -2.13. The molecule has 0 saturated heterocycles. The highest BCUT2D eigenvalue weighted by atomic mass is 35.5. The van der Waals surface area contributed by atoms with E-state index in [-0.39, 0.29) is 9.92 Å². The zero-order valence-corrected chi connectivity index (χ0v) is 10.9. The van der Waals surface area contributed by atoms with E-state index in [1.54, 1.807) is 7.05 Å². The molecule has 3 N–H and O–H groups in total. The highest BCUT2D eigenvalue weighted by Crippen LogP contribution is 2.23. The number of hydrogen-bond acceptors (Lipinski definition) is 5. The maximum Gasteiger partial charge on any atom is 0.263 e. The number of nitrogens with zero attached hydrogens (tertiary/aromatic N) is 2. The Morgan fingerprint density at radius 2 is 2.17 bits per heavy atom. The summed E-state index contributed by atoms with van der Waals surface area (Å²) in [6.45, 7) is 0. The van der Waals surface area contributed by atoms with Gasteiger partial charge in [-0.25, -0.2) is 13.4 Å². The van der Waals surface area contributed by atoms with E-state index in [9.17, 15) is 8.42 Å². The Morgan fingerprint density at radius 1 is 1.39 bits per heavy atom. The maximum atomic E-state index is 12.0. The van der Waals surface area contributed by atoms with Gasteiger partial charge in [0.2, 0.25) is 0 Å². The van der Waals surface area contributed by atoms with Crippen molar-refractivity contribution in [2.75, 3.05) is 17.1 Å². The zero-order chi connectivity index (χ0) is 13.2. The second kappa shape index (κ2) is 4.83. The normalized spacial score (nSPS) is 11.2. The van der Waals surface area contributed by atoms with Crippen LogP contribution >= 0.6 is 11.6 Å². The smallest absolute Gasteiger partial charge is 0.263 e. The molecule has 0 aliphatic heterocycles. The Balaban J connectivity index is 2.33. The van der Waals surface area contributed by atoms with Crippen LogP contribution in [0.15, 0.2) is 29.6 Å². The first-order chi connectivity index (χ1) is 8.53. The van der Waals surface area contributed by atoms with E-state index >= 15 is 0 Å². The molecule has 9 heteroatoms. The van der Waals surface area contributed by atoms with Crippen molar-refractivity contribution >= 4 is 33.1 Å². The molecule has 0 fully saturated rings. The van der Waals surface area contributed by atoms with Crippen molar-refractivity contribution < 1.29 is 8.42 Å². The van der Waals surface area contributed by atoms with Crippen LogP contribution in [0.4, 0.5) is 11.5 Å². The number of nitrogens with one attached hydrogen (secondary N) is 3. The molecule has 0 aromatic carbocycles. The summed E-state index contributed by atoms with van der Waals surface area (Å²) in [5.74, 6) is 0.416. The van der Waals surface area contributed by atoms with Gasteiger partial charge in [0.25, 0.3) is 10.0 Å². The third-order valence-corrected chi connectivity index (χ3v) is 3.75. The van der Waals surface area contributed by atoms with Crippen molar-refractivity contribution in [3.05, 3.63) is 29.7 Å². The van der Waals surface area contributed by atoms with Crippen molar-refractivity contribution in [1.29, 1.82) is 0 Å². The number of sulfonamides is 1. The summed E-state index contributed by atoms with van der Waals surface area (Å²) in [5.41, 5.74) is 0.337. The van der Waals surface area contributed by atoms with Crippen molar-refractivity contribution in [2.24, 2.45) is 0 Å². The Bertz CT molecular complexity index is 641. The predicted octanol–water partition coefficient (Wildman–Crippen LogP) is 1.30. The zero-order valence-electron chi connectivity index (χ0n) is 9.31. The summed E-state index contributed by atoms with van der Waals surface area (Å²) in [6, 6.07) is 1.32. The number of H-pyrrole nitrogens is 1. The minimum atomic E-state index is -3.72. The fraction of sp³-hybridized carbons (Fsp3) is 0.111. The van der Waals surface area contributed by atoms with E-state index in [1.807, 2.05) is 0 Å². The summed E-state index contributed by atoms with van der Waals surface area (Å²) in [7, 11) is -2.07. The SMILES string of the molecule is CNc1ncc(S(=O)(=O)Nc2cn[nH]c2)cc1Cl. The second-order valence-electron chi connectivity index (χ2n) is 3.34. The van der Waals surface area contributed by atoms with Crippen LogP contribution in [-0.2, 0) is 10.0 Å². The van der Waals surface area contributed by atoms with Gasteiger partial charge in [-0.05, 0) is 6.07 Å². The summed E-state index contributed by atoms with van der Waals surface area (Å²) < 4.78 is 26.3. The average Bonchev–Trinajstić information content (AvgIpc) is 2.81. The summed E-state index contributed by atoms with van der Waals surface area (Å²) >= 11 is 5.88. The Labute approximate surface area is 109 Å². The molecule has 0 radical (unpaired) electrons. The van der Waals surface area contributed by atoms with E-state index < -0.39 is 10.0 Å². The highest BCUT2D eigenvalue weighted by Gasteiger charge is 2.16. The van der Waals surface area contributed by atoms with E-state index in [0.717, 1.165) is 0 Å². The van der Waals surface area contributed by atoms with Crippen molar-refractivity contribution in [3.8, 4) is 0 Å². The van der Waals surface area contributed by atoms with E-state index in [2.05, 4.69) is 25.2 Å². The van der Waals surface area contributed by atoms with Gasteiger partial charge < -0.3 is 5.32 Å². The molecule has 0 spiro atoms. The molecular formula is C9H10ClN5O2S. The summed E-state index contributed by atoms with van der Waals surface area (Å²) in [6.07, 6.45) is 4.00. The molecule has 18 heavy (non-hydrogen) atoms. The molecule has 2 rings (SSSR count). The Kier molecular flexibility index (Phi) is 3.39. The van der Waals surface area contributed by atoms with Crippen LogP contribution in [0.25, 0.3) is 0 Å².